The number of carbonyl (C=O) groups excluding carboxylic acids is 1. The number of thiazole rings is 1. The second-order valence-corrected chi connectivity index (χ2v) is 6.45. The average Bonchev–Trinajstić information content (AvgIpc) is 3.11. The molecule has 2 aromatic rings. The van der Waals surface area contributed by atoms with Crippen molar-refractivity contribution >= 4 is 32.6 Å². The van der Waals surface area contributed by atoms with Gasteiger partial charge in [0.25, 0.3) is 0 Å². The third-order valence-electron chi connectivity index (χ3n) is 3.60. The molecular weight excluding hydrogens is 345 g/mol. The summed E-state index contributed by atoms with van der Waals surface area (Å²) in [5.74, 6) is -0.491. The molecule has 0 saturated carbocycles. The zero-order chi connectivity index (χ0) is 17.3. The molecule has 1 amide bonds. The van der Waals surface area contributed by atoms with E-state index in [1.807, 2.05) is 0 Å². The van der Waals surface area contributed by atoms with Gasteiger partial charge in [-0.1, -0.05) is 11.3 Å². The molecule has 1 unspecified atom stereocenters. The van der Waals surface area contributed by atoms with E-state index in [1.165, 1.54) is 30.0 Å². The number of fused-ring (bicyclic) bond motifs is 1. The standard InChI is InChI=1S/C15H15F3N2O3S/c1-9(21)20(8-11-3-2-6-22-11)14-19-12-5-4-10(7-13(12)24-14)23-15(16,17)18/h4-5,7,11H,2-3,6,8H2,1H3. The van der Waals surface area contributed by atoms with Crippen LogP contribution in [0.1, 0.15) is 19.8 Å². The van der Waals surface area contributed by atoms with Crippen molar-refractivity contribution in [2.45, 2.75) is 32.2 Å². The Bertz CT molecular complexity index is 741. The van der Waals surface area contributed by atoms with Crippen molar-refractivity contribution in [2.75, 3.05) is 18.1 Å². The lowest BCUT2D eigenvalue weighted by Crippen LogP contribution is -2.35. The van der Waals surface area contributed by atoms with Crippen molar-refractivity contribution in [3.8, 4) is 5.75 Å². The molecule has 0 radical (unpaired) electrons. The van der Waals surface area contributed by atoms with E-state index < -0.39 is 6.36 Å². The number of nitrogens with zero attached hydrogens (tertiary/aromatic N) is 2. The molecule has 1 aliphatic heterocycles. The number of hydrogen-bond acceptors (Lipinski definition) is 5. The molecule has 1 aliphatic rings. The summed E-state index contributed by atoms with van der Waals surface area (Å²) in [5.41, 5.74) is 0.517. The molecule has 9 heteroatoms. The molecule has 1 aromatic heterocycles. The Hall–Kier alpha value is -1.87. The molecule has 0 bridgehead atoms. The summed E-state index contributed by atoms with van der Waals surface area (Å²) in [6.07, 6.45) is -2.95. The zero-order valence-corrected chi connectivity index (χ0v) is 13.6. The topological polar surface area (TPSA) is 51.7 Å². The predicted octanol–water partition coefficient (Wildman–Crippen LogP) is 3.73. The number of rotatable bonds is 4. The van der Waals surface area contributed by atoms with Crippen LogP contribution in [0.25, 0.3) is 10.2 Å². The fourth-order valence-corrected chi connectivity index (χ4v) is 3.59. The van der Waals surface area contributed by atoms with Gasteiger partial charge in [0, 0.05) is 19.6 Å². The van der Waals surface area contributed by atoms with E-state index in [1.54, 1.807) is 0 Å². The van der Waals surface area contributed by atoms with Gasteiger partial charge in [0.15, 0.2) is 5.13 Å². The largest absolute Gasteiger partial charge is 0.573 e. The Morgan fingerprint density at radius 2 is 2.29 bits per heavy atom. The number of ether oxygens (including phenoxy) is 2. The minimum absolute atomic E-state index is 0.0370. The van der Waals surface area contributed by atoms with Gasteiger partial charge in [0.1, 0.15) is 5.75 Å². The lowest BCUT2D eigenvalue weighted by molar-refractivity contribution is -0.274. The van der Waals surface area contributed by atoms with Gasteiger partial charge in [0.2, 0.25) is 5.91 Å². The van der Waals surface area contributed by atoms with Crippen molar-refractivity contribution in [1.82, 2.24) is 4.98 Å². The molecule has 5 nitrogen and oxygen atoms in total. The molecule has 0 N–H and O–H groups in total. The first kappa shape index (κ1) is 17.0. The molecule has 3 rings (SSSR count). The number of anilines is 1. The van der Waals surface area contributed by atoms with Gasteiger partial charge in [-0.2, -0.15) is 0 Å². The van der Waals surface area contributed by atoms with Crippen molar-refractivity contribution in [1.29, 1.82) is 0 Å². The number of aromatic nitrogens is 1. The number of amides is 1. The van der Waals surface area contributed by atoms with Crippen LogP contribution in [0.15, 0.2) is 18.2 Å². The van der Waals surface area contributed by atoms with Crippen molar-refractivity contribution in [3.05, 3.63) is 18.2 Å². The lowest BCUT2D eigenvalue weighted by atomic mass is 10.2. The number of hydrogen-bond donors (Lipinski definition) is 0. The monoisotopic (exact) mass is 360 g/mol. The van der Waals surface area contributed by atoms with Gasteiger partial charge in [-0.25, -0.2) is 4.98 Å². The van der Waals surface area contributed by atoms with Gasteiger partial charge >= 0.3 is 6.36 Å². The first-order valence-electron chi connectivity index (χ1n) is 7.38. The predicted molar refractivity (Wildman–Crippen MR) is 83.3 cm³/mol. The van der Waals surface area contributed by atoms with Gasteiger partial charge in [0.05, 0.1) is 22.9 Å². The fraction of sp³-hybridized carbons (Fsp3) is 0.467. The maximum atomic E-state index is 12.3. The minimum atomic E-state index is -4.74. The second kappa shape index (κ2) is 6.56. The Morgan fingerprint density at radius 1 is 1.50 bits per heavy atom. The van der Waals surface area contributed by atoms with E-state index in [9.17, 15) is 18.0 Å². The van der Waals surface area contributed by atoms with Gasteiger partial charge in [-0.3, -0.25) is 9.69 Å². The van der Waals surface area contributed by atoms with Gasteiger partial charge in [-0.05, 0) is 25.0 Å². The minimum Gasteiger partial charge on any atom is -0.406 e. The van der Waals surface area contributed by atoms with Crippen LogP contribution in [-0.2, 0) is 9.53 Å². The molecule has 1 aromatic carbocycles. The molecule has 1 fully saturated rings. The highest BCUT2D eigenvalue weighted by molar-refractivity contribution is 7.22. The van der Waals surface area contributed by atoms with Gasteiger partial charge in [-0.15, -0.1) is 13.2 Å². The number of carbonyl (C=O) groups is 1. The summed E-state index contributed by atoms with van der Waals surface area (Å²) < 4.78 is 46.9. The van der Waals surface area contributed by atoms with E-state index in [0.29, 0.717) is 28.5 Å². The van der Waals surface area contributed by atoms with E-state index in [4.69, 9.17) is 4.74 Å². The molecule has 24 heavy (non-hydrogen) atoms. The summed E-state index contributed by atoms with van der Waals surface area (Å²) in [5, 5.41) is 0.442. The molecule has 1 atom stereocenters. The SMILES string of the molecule is CC(=O)N(CC1CCCO1)c1nc2ccc(OC(F)(F)F)cc2s1. The first-order valence-corrected chi connectivity index (χ1v) is 8.19. The lowest BCUT2D eigenvalue weighted by Gasteiger charge is -2.21. The van der Waals surface area contributed by atoms with E-state index >= 15 is 0 Å². The molecule has 2 heterocycles. The van der Waals surface area contributed by atoms with Crippen LogP contribution < -0.4 is 9.64 Å². The number of halogens is 3. The number of benzene rings is 1. The van der Waals surface area contributed by atoms with Crippen LogP contribution in [0.4, 0.5) is 18.3 Å². The van der Waals surface area contributed by atoms with Crippen molar-refractivity contribution < 1.29 is 27.4 Å². The van der Waals surface area contributed by atoms with E-state index in [-0.39, 0.29) is 17.8 Å². The smallest absolute Gasteiger partial charge is 0.406 e. The zero-order valence-electron chi connectivity index (χ0n) is 12.8. The average molecular weight is 360 g/mol. The normalized spacial score (nSPS) is 18.1. The highest BCUT2D eigenvalue weighted by Crippen LogP contribution is 2.33. The third kappa shape index (κ3) is 3.96. The first-order chi connectivity index (χ1) is 11.3. The van der Waals surface area contributed by atoms with Crippen molar-refractivity contribution in [2.24, 2.45) is 0 Å². The summed E-state index contributed by atoms with van der Waals surface area (Å²) in [7, 11) is 0. The van der Waals surface area contributed by atoms with Crippen LogP contribution in [0.5, 0.6) is 5.75 Å². The Morgan fingerprint density at radius 3 is 2.92 bits per heavy atom. The highest BCUT2D eigenvalue weighted by Gasteiger charge is 2.31. The summed E-state index contributed by atoms with van der Waals surface area (Å²) in [6.45, 7) is 2.49. The summed E-state index contributed by atoms with van der Waals surface area (Å²) in [6, 6.07) is 3.92. The second-order valence-electron chi connectivity index (χ2n) is 5.44. The van der Waals surface area contributed by atoms with Crippen LogP contribution in [0.3, 0.4) is 0 Å². The maximum Gasteiger partial charge on any atom is 0.573 e. The molecule has 1 saturated heterocycles. The number of alkyl halides is 3. The molecular formula is C15H15F3N2O3S. The quantitative estimate of drug-likeness (QED) is 0.834. The molecule has 130 valence electrons. The Balaban J connectivity index is 1.85. The van der Waals surface area contributed by atoms with Gasteiger partial charge < -0.3 is 9.47 Å². The Kier molecular flexibility index (Phi) is 4.64. The molecule has 0 spiro atoms. The fourth-order valence-electron chi connectivity index (χ4n) is 2.54. The van der Waals surface area contributed by atoms with Crippen LogP contribution >= 0.6 is 11.3 Å². The van der Waals surface area contributed by atoms with E-state index in [2.05, 4.69) is 9.72 Å². The summed E-state index contributed by atoms with van der Waals surface area (Å²) in [4.78, 5) is 17.8. The van der Waals surface area contributed by atoms with Crippen LogP contribution in [-0.4, -0.2) is 36.5 Å². The van der Waals surface area contributed by atoms with Crippen LogP contribution in [0.2, 0.25) is 0 Å². The third-order valence-corrected chi connectivity index (χ3v) is 4.64. The van der Waals surface area contributed by atoms with E-state index in [0.717, 1.165) is 24.2 Å². The maximum absolute atomic E-state index is 12.3. The molecule has 0 aliphatic carbocycles. The highest BCUT2D eigenvalue weighted by atomic mass is 32.1. The van der Waals surface area contributed by atoms with Crippen molar-refractivity contribution in [3.63, 3.8) is 0 Å². The Labute approximate surface area is 140 Å². The summed E-state index contributed by atoms with van der Waals surface area (Å²) >= 11 is 1.15. The van der Waals surface area contributed by atoms with Crippen LogP contribution in [0, 0.1) is 0 Å².